The Labute approximate surface area is 129 Å². The van der Waals surface area contributed by atoms with Crippen molar-refractivity contribution >= 4 is 11.9 Å². The highest BCUT2D eigenvalue weighted by molar-refractivity contribution is 5.97. The molecule has 4 nitrogen and oxygen atoms in total. The molecular formula is C18H20O4. The summed E-state index contributed by atoms with van der Waals surface area (Å²) in [5.74, 6) is -0.283. The van der Waals surface area contributed by atoms with Gasteiger partial charge in [-0.25, -0.2) is 0 Å². The number of ether oxygens (including phenoxy) is 2. The number of esters is 2. The zero-order chi connectivity index (χ0) is 15.4. The minimum Gasteiger partial charge on any atom is -0.393 e. The van der Waals surface area contributed by atoms with Crippen LogP contribution in [0.2, 0.25) is 0 Å². The van der Waals surface area contributed by atoms with Gasteiger partial charge in [-0.05, 0) is 17.4 Å². The van der Waals surface area contributed by atoms with E-state index in [2.05, 4.69) is 13.8 Å². The van der Waals surface area contributed by atoms with Gasteiger partial charge in [-0.15, -0.1) is 0 Å². The monoisotopic (exact) mass is 300 g/mol. The molecule has 1 aromatic rings. The van der Waals surface area contributed by atoms with Gasteiger partial charge in [0.05, 0.1) is 24.5 Å². The van der Waals surface area contributed by atoms with Crippen molar-refractivity contribution in [1.82, 2.24) is 0 Å². The second-order valence-electron chi connectivity index (χ2n) is 6.93. The molecule has 116 valence electrons. The number of benzene rings is 1. The quantitative estimate of drug-likeness (QED) is 0.635. The van der Waals surface area contributed by atoms with Crippen LogP contribution in [-0.4, -0.2) is 18.0 Å². The van der Waals surface area contributed by atoms with E-state index in [1.54, 1.807) is 0 Å². The van der Waals surface area contributed by atoms with Crippen LogP contribution in [0.25, 0.3) is 0 Å². The van der Waals surface area contributed by atoms with Crippen molar-refractivity contribution in [2.24, 2.45) is 35.5 Å². The van der Waals surface area contributed by atoms with E-state index in [1.165, 1.54) is 0 Å². The maximum absolute atomic E-state index is 12.0. The van der Waals surface area contributed by atoms with Crippen LogP contribution >= 0.6 is 0 Å². The Morgan fingerprint density at radius 2 is 1.50 bits per heavy atom. The van der Waals surface area contributed by atoms with Crippen LogP contribution in [0.1, 0.15) is 19.4 Å². The fraction of sp³-hybridized carbons (Fsp3) is 0.556. The first-order valence-electron chi connectivity index (χ1n) is 8.00. The zero-order valence-electron chi connectivity index (χ0n) is 12.8. The molecule has 4 rings (SSSR count). The number of cyclic esters (lactones) is 2. The molecule has 2 aliphatic carbocycles. The van der Waals surface area contributed by atoms with Crippen molar-refractivity contribution in [2.45, 2.75) is 26.6 Å². The van der Waals surface area contributed by atoms with E-state index < -0.39 is 0 Å². The number of carbonyl (C=O) groups excluding carboxylic acids is 2. The topological polar surface area (TPSA) is 52.6 Å². The van der Waals surface area contributed by atoms with E-state index in [4.69, 9.17) is 9.47 Å². The van der Waals surface area contributed by atoms with Crippen LogP contribution in [0.5, 0.6) is 0 Å². The maximum atomic E-state index is 12.0. The summed E-state index contributed by atoms with van der Waals surface area (Å²) in [5.41, 5.74) is 1.12. The van der Waals surface area contributed by atoms with Gasteiger partial charge in [-0.3, -0.25) is 9.59 Å². The molecule has 2 bridgehead atoms. The predicted molar refractivity (Wildman–Crippen MR) is 78.4 cm³/mol. The summed E-state index contributed by atoms with van der Waals surface area (Å²) >= 11 is 0. The lowest BCUT2D eigenvalue weighted by Crippen LogP contribution is -2.34. The zero-order valence-corrected chi connectivity index (χ0v) is 12.8. The summed E-state index contributed by atoms with van der Waals surface area (Å²) in [4.78, 5) is 24.1. The molecule has 1 saturated heterocycles. The van der Waals surface area contributed by atoms with Crippen molar-refractivity contribution in [2.75, 3.05) is 0 Å². The Bertz CT molecular complexity index is 579. The van der Waals surface area contributed by atoms with Crippen LogP contribution in [0.3, 0.4) is 0 Å². The first kappa shape index (κ1) is 13.9. The maximum Gasteiger partial charge on any atom is 0.317 e. The number of hydrogen-bond donors (Lipinski definition) is 0. The SMILES string of the molecule is C[C@H]1C2C(OCc3ccccc3)C([C@@H]1C)[C@@H]1C(=O)OC(=O)[C@H]21. The van der Waals surface area contributed by atoms with Crippen LogP contribution in [0.4, 0.5) is 0 Å². The molecule has 4 heteroatoms. The minimum absolute atomic E-state index is 0.0167. The average molecular weight is 300 g/mol. The fourth-order valence-electron chi connectivity index (χ4n) is 4.93. The average Bonchev–Trinajstić information content (AvgIpc) is 3.08. The first-order chi connectivity index (χ1) is 10.6. The molecule has 1 aromatic carbocycles. The Kier molecular flexibility index (Phi) is 3.12. The molecule has 0 amide bonds. The van der Waals surface area contributed by atoms with Gasteiger partial charge in [-0.2, -0.15) is 0 Å². The smallest absolute Gasteiger partial charge is 0.317 e. The number of hydrogen-bond acceptors (Lipinski definition) is 4. The standard InChI is InChI=1S/C18H20O4/c1-9-10(2)13-15-14(17(19)22-18(15)20)12(9)16(13)21-8-11-6-4-3-5-7-11/h3-7,9-10,12-16H,8H2,1-2H3/t9-,10-,12?,13?,14-,15+,16?/m1/s1. The van der Waals surface area contributed by atoms with E-state index in [1.807, 2.05) is 30.3 Å². The molecular weight excluding hydrogens is 280 g/mol. The van der Waals surface area contributed by atoms with Crippen molar-refractivity contribution in [3.63, 3.8) is 0 Å². The second kappa shape index (κ2) is 4.92. The van der Waals surface area contributed by atoms with Crippen LogP contribution in [-0.2, 0) is 25.7 Å². The molecule has 3 fully saturated rings. The lowest BCUT2D eigenvalue weighted by atomic mass is 9.70. The van der Waals surface area contributed by atoms with E-state index in [9.17, 15) is 9.59 Å². The fourth-order valence-corrected chi connectivity index (χ4v) is 4.93. The molecule has 0 radical (unpaired) electrons. The van der Waals surface area contributed by atoms with Crippen LogP contribution in [0.15, 0.2) is 30.3 Å². The van der Waals surface area contributed by atoms with Gasteiger partial charge >= 0.3 is 11.9 Å². The van der Waals surface area contributed by atoms with E-state index in [0.717, 1.165) is 5.56 Å². The van der Waals surface area contributed by atoms with Gasteiger partial charge < -0.3 is 9.47 Å². The van der Waals surface area contributed by atoms with Crippen LogP contribution in [0, 0.1) is 35.5 Å². The summed E-state index contributed by atoms with van der Waals surface area (Å²) in [6, 6.07) is 10.0. The number of rotatable bonds is 3. The van der Waals surface area contributed by atoms with Crippen molar-refractivity contribution in [3.8, 4) is 0 Å². The molecule has 22 heavy (non-hydrogen) atoms. The third kappa shape index (κ3) is 1.80. The number of carbonyl (C=O) groups is 2. The van der Waals surface area contributed by atoms with E-state index >= 15 is 0 Å². The molecule has 1 heterocycles. The lowest BCUT2D eigenvalue weighted by molar-refractivity contribution is -0.156. The van der Waals surface area contributed by atoms with E-state index in [0.29, 0.717) is 18.4 Å². The summed E-state index contributed by atoms with van der Waals surface area (Å²) in [6.45, 7) is 4.86. The third-order valence-electron chi connectivity index (χ3n) is 6.05. The van der Waals surface area contributed by atoms with Crippen molar-refractivity contribution in [3.05, 3.63) is 35.9 Å². The molecule has 7 atom stereocenters. The van der Waals surface area contributed by atoms with Crippen LogP contribution < -0.4 is 0 Å². The Morgan fingerprint density at radius 1 is 0.955 bits per heavy atom. The van der Waals surface area contributed by atoms with Crippen molar-refractivity contribution < 1.29 is 19.1 Å². The minimum atomic E-state index is -0.338. The normalized spacial score (nSPS) is 42.5. The van der Waals surface area contributed by atoms with E-state index in [-0.39, 0.29) is 41.7 Å². The molecule has 3 unspecified atom stereocenters. The molecule has 1 aliphatic heterocycles. The van der Waals surface area contributed by atoms with Gasteiger partial charge in [0.2, 0.25) is 0 Å². The van der Waals surface area contributed by atoms with Gasteiger partial charge in [0.15, 0.2) is 0 Å². The molecule has 0 aromatic heterocycles. The summed E-state index contributed by atoms with van der Waals surface area (Å²) in [5, 5.41) is 0. The Morgan fingerprint density at radius 3 is 2.05 bits per heavy atom. The molecule has 0 spiro atoms. The highest BCUT2D eigenvalue weighted by Crippen LogP contribution is 2.61. The first-order valence-corrected chi connectivity index (χ1v) is 8.00. The summed E-state index contributed by atoms with van der Waals surface area (Å²) < 4.78 is 11.1. The summed E-state index contributed by atoms with van der Waals surface area (Å²) in [7, 11) is 0. The van der Waals surface area contributed by atoms with Gasteiger partial charge in [0.1, 0.15) is 0 Å². The Balaban J connectivity index is 1.58. The Hall–Kier alpha value is -1.68. The lowest BCUT2D eigenvalue weighted by Gasteiger charge is -2.29. The second-order valence-corrected chi connectivity index (χ2v) is 6.93. The highest BCUT2D eigenvalue weighted by Gasteiger charge is 2.69. The van der Waals surface area contributed by atoms with Gasteiger partial charge in [0.25, 0.3) is 0 Å². The van der Waals surface area contributed by atoms with Gasteiger partial charge in [-0.1, -0.05) is 44.2 Å². The predicted octanol–water partition coefficient (Wildman–Crippen LogP) is 2.42. The van der Waals surface area contributed by atoms with Crippen molar-refractivity contribution in [1.29, 1.82) is 0 Å². The summed E-state index contributed by atoms with van der Waals surface area (Å²) in [6.07, 6.45) is -0.0167. The number of fused-ring (bicyclic) bond motifs is 5. The molecule has 0 N–H and O–H groups in total. The largest absolute Gasteiger partial charge is 0.393 e. The van der Waals surface area contributed by atoms with Gasteiger partial charge in [0, 0.05) is 11.8 Å². The molecule has 3 aliphatic rings. The highest BCUT2D eigenvalue weighted by atomic mass is 16.6. The molecule has 2 saturated carbocycles. The third-order valence-corrected chi connectivity index (χ3v) is 6.05.